The van der Waals surface area contributed by atoms with Crippen LogP contribution in [0.4, 0.5) is 0 Å². The Morgan fingerprint density at radius 2 is 1.83 bits per heavy atom. The molecule has 0 aromatic heterocycles. The summed E-state index contributed by atoms with van der Waals surface area (Å²) in [5.74, 6) is 0.241. The van der Waals surface area contributed by atoms with Crippen molar-refractivity contribution >= 4 is 5.91 Å². The summed E-state index contributed by atoms with van der Waals surface area (Å²) >= 11 is 0. The molecule has 1 fully saturated rings. The zero-order chi connectivity index (χ0) is 13.2. The summed E-state index contributed by atoms with van der Waals surface area (Å²) in [6.45, 7) is 4.19. The van der Waals surface area contributed by atoms with Crippen molar-refractivity contribution in [2.45, 2.75) is 70.8 Å². The van der Waals surface area contributed by atoms with E-state index in [-0.39, 0.29) is 5.91 Å². The van der Waals surface area contributed by atoms with Crippen molar-refractivity contribution in [3.63, 3.8) is 0 Å². The maximum Gasteiger partial charge on any atom is 0.221 e. The normalized spacial score (nSPS) is 17.7. The minimum Gasteiger partial charge on any atom is -0.353 e. The van der Waals surface area contributed by atoms with Crippen LogP contribution in [0.1, 0.15) is 64.7 Å². The van der Waals surface area contributed by atoms with Crippen LogP contribution in [-0.2, 0) is 4.79 Å². The quantitative estimate of drug-likeness (QED) is 0.708. The van der Waals surface area contributed by atoms with E-state index in [4.69, 9.17) is 0 Å². The van der Waals surface area contributed by atoms with Crippen LogP contribution in [0.15, 0.2) is 0 Å². The third kappa shape index (κ3) is 7.00. The lowest BCUT2D eigenvalue weighted by atomic mass is 10.1. The number of unbranched alkanes of at least 4 members (excludes halogenated alkanes) is 1. The monoisotopic (exact) mass is 254 g/mol. The molecule has 0 aromatic rings. The minimum absolute atomic E-state index is 0.241. The Balaban J connectivity index is 2.12. The molecule has 1 rings (SSSR count). The van der Waals surface area contributed by atoms with E-state index in [9.17, 15) is 4.79 Å². The highest BCUT2D eigenvalue weighted by Crippen LogP contribution is 2.17. The van der Waals surface area contributed by atoms with Gasteiger partial charge in [0.2, 0.25) is 5.91 Å². The van der Waals surface area contributed by atoms with Gasteiger partial charge in [0.1, 0.15) is 0 Å². The summed E-state index contributed by atoms with van der Waals surface area (Å²) in [4.78, 5) is 14.1. The van der Waals surface area contributed by atoms with Crippen molar-refractivity contribution in [2.75, 3.05) is 20.1 Å². The molecule has 1 amide bonds. The average molecular weight is 254 g/mol. The van der Waals surface area contributed by atoms with Crippen molar-refractivity contribution in [1.82, 2.24) is 10.2 Å². The Hall–Kier alpha value is -0.570. The molecule has 0 aliphatic heterocycles. The van der Waals surface area contributed by atoms with Gasteiger partial charge in [-0.3, -0.25) is 4.79 Å². The van der Waals surface area contributed by atoms with Gasteiger partial charge >= 0.3 is 0 Å². The average Bonchev–Trinajstić information content (AvgIpc) is 2.62. The highest BCUT2D eigenvalue weighted by Gasteiger charge is 2.14. The number of carbonyl (C=O) groups excluding carboxylic acids is 1. The van der Waals surface area contributed by atoms with Gasteiger partial charge in [-0.1, -0.05) is 39.0 Å². The Bertz CT molecular complexity index is 223. The Labute approximate surface area is 112 Å². The van der Waals surface area contributed by atoms with Gasteiger partial charge in [0.25, 0.3) is 0 Å². The molecule has 1 aliphatic rings. The number of rotatable bonds is 7. The molecule has 0 spiro atoms. The van der Waals surface area contributed by atoms with E-state index in [0.717, 1.165) is 13.1 Å². The predicted octanol–water partition coefficient (Wildman–Crippen LogP) is 2.95. The first-order valence-corrected chi connectivity index (χ1v) is 7.70. The summed E-state index contributed by atoms with van der Waals surface area (Å²) in [5, 5.41) is 3.20. The fourth-order valence-corrected chi connectivity index (χ4v) is 2.56. The van der Waals surface area contributed by atoms with E-state index in [1.165, 1.54) is 51.4 Å². The zero-order valence-electron chi connectivity index (χ0n) is 12.2. The number of nitrogens with one attached hydrogen (secondary N) is 1. The molecular formula is C15H30N2O. The fraction of sp³-hybridized carbons (Fsp3) is 0.933. The number of carbonyl (C=O) groups is 1. The Kier molecular flexibility index (Phi) is 8.06. The van der Waals surface area contributed by atoms with Crippen molar-refractivity contribution in [3.05, 3.63) is 0 Å². The lowest BCUT2D eigenvalue weighted by Gasteiger charge is -2.19. The molecule has 3 nitrogen and oxygen atoms in total. The largest absolute Gasteiger partial charge is 0.353 e. The molecule has 3 heteroatoms. The van der Waals surface area contributed by atoms with Gasteiger partial charge in [-0.15, -0.1) is 0 Å². The number of nitrogens with zero attached hydrogens (tertiary/aromatic N) is 1. The molecule has 0 bridgehead atoms. The van der Waals surface area contributed by atoms with E-state index < -0.39 is 0 Å². The lowest BCUT2D eigenvalue weighted by molar-refractivity contribution is -0.122. The first-order chi connectivity index (χ1) is 8.72. The standard InChI is InChI=1S/C15H30N2O/c1-3-4-12-17(2)13-11-15(18)16-14-9-7-5-6-8-10-14/h14H,3-13H2,1-2H3,(H,16,18). The summed E-state index contributed by atoms with van der Waals surface area (Å²) < 4.78 is 0. The van der Waals surface area contributed by atoms with E-state index in [1.54, 1.807) is 0 Å². The van der Waals surface area contributed by atoms with Crippen molar-refractivity contribution < 1.29 is 4.79 Å². The summed E-state index contributed by atoms with van der Waals surface area (Å²) in [7, 11) is 2.11. The SMILES string of the molecule is CCCCN(C)CCC(=O)NC1CCCCCC1. The lowest BCUT2D eigenvalue weighted by Crippen LogP contribution is -2.36. The maximum absolute atomic E-state index is 11.9. The topological polar surface area (TPSA) is 32.3 Å². The molecule has 0 aromatic carbocycles. The first-order valence-electron chi connectivity index (χ1n) is 7.70. The Morgan fingerprint density at radius 3 is 2.44 bits per heavy atom. The molecule has 1 aliphatic carbocycles. The Morgan fingerprint density at radius 1 is 1.17 bits per heavy atom. The predicted molar refractivity (Wildman–Crippen MR) is 76.7 cm³/mol. The molecular weight excluding hydrogens is 224 g/mol. The van der Waals surface area contributed by atoms with Crippen LogP contribution >= 0.6 is 0 Å². The molecule has 18 heavy (non-hydrogen) atoms. The van der Waals surface area contributed by atoms with E-state index in [1.807, 2.05) is 0 Å². The second-order valence-electron chi connectivity index (χ2n) is 5.66. The fourth-order valence-electron chi connectivity index (χ4n) is 2.56. The molecule has 0 radical (unpaired) electrons. The van der Waals surface area contributed by atoms with Crippen LogP contribution in [-0.4, -0.2) is 37.0 Å². The van der Waals surface area contributed by atoms with Crippen LogP contribution in [0, 0.1) is 0 Å². The molecule has 0 atom stereocenters. The van der Waals surface area contributed by atoms with Crippen LogP contribution in [0.3, 0.4) is 0 Å². The van der Waals surface area contributed by atoms with Gasteiger partial charge in [0, 0.05) is 19.0 Å². The number of hydrogen-bond donors (Lipinski definition) is 1. The van der Waals surface area contributed by atoms with Crippen molar-refractivity contribution in [1.29, 1.82) is 0 Å². The van der Waals surface area contributed by atoms with Crippen LogP contribution in [0.5, 0.6) is 0 Å². The van der Waals surface area contributed by atoms with Gasteiger partial charge in [0.05, 0.1) is 0 Å². The van der Waals surface area contributed by atoms with Crippen LogP contribution in [0.2, 0.25) is 0 Å². The molecule has 0 heterocycles. The van der Waals surface area contributed by atoms with E-state index in [0.29, 0.717) is 12.5 Å². The summed E-state index contributed by atoms with van der Waals surface area (Å²) in [6, 6.07) is 0.445. The second kappa shape index (κ2) is 9.37. The maximum atomic E-state index is 11.9. The molecule has 1 N–H and O–H groups in total. The van der Waals surface area contributed by atoms with Crippen molar-refractivity contribution in [2.24, 2.45) is 0 Å². The minimum atomic E-state index is 0.241. The first kappa shape index (κ1) is 15.5. The smallest absolute Gasteiger partial charge is 0.221 e. The van der Waals surface area contributed by atoms with E-state index in [2.05, 4.69) is 24.2 Å². The highest BCUT2D eigenvalue weighted by atomic mass is 16.1. The summed E-state index contributed by atoms with van der Waals surface area (Å²) in [6.07, 6.45) is 10.7. The van der Waals surface area contributed by atoms with Gasteiger partial charge in [-0.05, 0) is 32.9 Å². The van der Waals surface area contributed by atoms with E-state index >= 15 is 0 Å². The van der Waals surface area contributed by atoms with Gasteiger partial charge in [-0.2, -0.15) is 0 Å². The van der Waals surface area contributed by atoms with Crippen molar-refractivity contribution in [3.8, 4) is 0 Å². The number of hydrogen-bond acceptors (Lipinski definition) is 2. The van der Waals surface area contributed by atoms with Gasteiger partial charge in [0.15, 0.2) is 0 Å². The third-order valence-electron chi connectivity index (χ3n) is 3.83. The molecule has 106 valence electrons. The zero-order valence-corrected chi connectivity index (χ0v) is 12.2. The van der Waals surface area contributed by atoms with Gasteiger partial charge < -0.3 is 10.2 Å². The third-order valence-corrected chi connectivity index (χ3v) is 3.83. The molecule has 1 saturated carbocycles. The number of amides is 1. The molecule has 0 unspecified atom stereocenters. The summed E-state index contributed by atoms with van der Waals surface area (Å²) in [5.41, 5.74) is 0. The van der Waals surface area contributed by atoms with Crippen LogP contribution < -0.4 is 5.32 Å². The van der Waals surface area contributed by atoms with Gasteiger partial charge in [-0.25, -0.2) is 0 Å². The highest BCUT2D eigenvalue weighted by molar-refractivity contribution is 5.76. The second-order valence-corrected chi connectivity index (χ2v) is 5.66. The molecule has 0 saturated heterocycles. The van der Waals surface area contributed by atoms with Crippen LogP contribution in [0.25, 0.3) is 0 Å².